The average Bonchev–Trinajstić information content (AvgIpc) is 3.20. The van der Waals surface area contributed by atoms with E-state index >= 15 is 0 Å². The number of benzene rings is 1. The van der Waals surface area contributed by atoms with Crippen molar-refractivity contribution < 1.29 is 14.3 Å². The van der Waals surface area contributed by atoms with E-state index in [1.807, 2.05) is 30.3 Å². The molecular weight excluding hydrogens is 402 g/mol. The van der Waals surface area contributed by atoms with E-state index in [2.05, 4.69) is 22.3 Å². The number of Topliss-reactive ketones (excluding diaryl/α,β-unsaturated/α-hetero) is 1. The number of H-pyrrole nitrogens is 1. The molecule has 1 atom stereocenters. The zero-order valence-electron chi connectivity index (χ0n) is 17.3. The van der Waals surface area contributed by atoms with Crippen LogP contribution in [-0.2, 0) is 14.3 Å². The number of carbonyl (C=O) groups excluding carboxylic acids is 2. The first-order valence-electron chi connectivity index (χ1n) is 10.6. The fourth-order valence-electron chi connectivity index (χ4n) is 3.71. The van der Waals surface area contributed by atoms with Crippen molar-refractivity contribution in [1.29, 1.82) is 0 Å². The highest BCUT2D eigenvalue weighted by Crippen LogP contribution is 2.37. The molecule has 0 bridgehead atoms. The largest absolute Gasteiger partial charge is 0.466 e. The lowest BCUT2D eigenvalue weighted by molar-refractivity contribution is -0.144. The first-order valence-corrected chi connectivity index (χ1v) is 11.0. The smallest absolute Gasteiger partial charge is 0.305 e. The van der Waals surface area contributed by atoms with Crippen molar-refractivity contribution in [2.45, 2.75) is 63.2 Å². The fraction of sp³-hybridized carbons (Fsp3) is 0.478. The zero-order valence-corrected chi connectivity index (χ0v) is 18.1. The van der Waals surface area contributed by atoms with Crippen LogP contribution in [0.3, 0.4) is 0 Å². The number of fused-ring (bicyclic) bond motifs is 1. The summed E-state index contributed by atoms with van der Waals surface area (Å²) in [6.45, 7) is 2.59. The molecule has 1 N–H and O–H groups in total. The number of aromatic nitrogens is 3. The highest BCUT2D eigenvalue weighted by atomic mass is 35.5. The molecule has 160 valence electrons. The highest BCUT2D eigenvalue weighted by molar-refractivity contribution is 6.47. The lowest BCUT2D eigenvalue weighted by atomic mass is 9.82. The van der Waals surface area contributed by atoms with Gasteiger partial charge in [-0.1, -0.05) is 74.6 Å². The number of nitrogens with one attached hydrogen (secondary N) is 1. The maximum absolute atomic E-state index is 12.9. The Kier molecular flexibility index (Phi) is 7.80. The van der Waals surface area contributed by atoms with Gasteiger partial charge in [-0.25, -0.2) is 0 Å². The SMILES string of the molecule is CCCCCCCCOC(=O)CCC1(Cl)C(=O)C=c2[nH]nnc2=C1c1ccccc1. The van der Waals surface area contributed by atoms with Gasteiger partial charge < -0.3 is 4.74 Å². The van der Waals surface area contributed by atoms with Crippen molar-refractivity contribution in [3.05, 3.63) is 46.6 Å². The van der Waals surface area contributed by atoms with Gasteiger partial charge in [-0.05, 0) is 18.4 Å². The van der Waals surface area contributed by atoms with Crippen LogP contribution in [0.15, 0.2) is 30.3 Å². The molecule has 1 aromatic carbocycles. The van der Waals surface area contributed by atoms with Crippen LogP contribution in [0.4, 0.5) is 0 Å². The number of aromatic amines is 1. The standard InChI is InChI=1S/C23H28ClN3O3/c1-2-3-4-5-6-10-15-30-20(29)13-14-23(24)19(28)16-18-22(26-27-25-18)21(23)17-11-8-7-9-12-17/h7-9,11-12,16H,2-6,10,13-15H2,1H3,(H,25,26). The third-order valence-corrected chi connectivity index (χ3v) is 5.94. The van der Waals surface area contributed by atoms with Crippen molar-refractivity contribution in [2.75, 3.05) is 6.61 Å². The number of nitrogens with zero attached hydrogens (tertiary/aromatic N) is 2. The summed E-state index contributed by atoms with van der Waals surface area (Å²) < 4.78 is 5.35. The Hall–Kier alpha value is -2.47. The van der Waals surface area contributed by atoms with Gasteiger partial charge in [0.05, 0.1) is 12.0 Å². The minimum atomic E-state index is -1.38. The zero-order chi connectivity index (χ0) is 21.4. The van der Waals surface area contributed by atoms with Crippen LogP contribution < -0.4 is 10.7 Å². The summed E-state index contributed by atoms with van der Waals surface area (Å²) in [5, 5.41) is 11.8. The number of alkyl halides is 1. The van der Waals surface area contributed by atoms with E-state index in [-0.39, 0.29) is 24.6 Å². The Morgan fingerprint density at radius 3 is 2.63 bits per heavy atom. The highest BCUT2D eigenvalue weighted by Gasteiger charge is 2.43. The molecule has 6 nitrogen and oxygen atoms in total. The van der Waals surface area contributed by atoms with Gasteiger partial charge in [0.15, 0.2) is 5.78 Å². The second-order valence-corrected chi connectivity index (χ2v) is 8.26. The molecule has 1 aromatic heterocycles. The van der Waals surface area contributed by atoms with Crippen molar-refractivity contribution in [3.63, 3.8) is 0 Å². The Balaban J connectivity index is 1.66. The van der Waals surface area contributed by atoms with Crippen LogP contribution in [0, 0.1) is 0 Å². The van der Waals surface area contributed by atoms with Crippen molar-refractivity contribution in [2.24, 2.45) is 0 Å². The molecule has 1 aliphatic rings. The minimum absolute atomic E-state index is 0.0580. The molecule has 1 aliphatic carbocycles. The third kappa shape index (κ3) is 5.17. The summed E-state index contributed by atoms with van der Waals surface area (Å²) in [7, 11) is 0. The molecule has 2 aromatic rings. The molecule has 0 saturated heterocycles. The molecule has 1 heterocycles. The third-order valence-electron chi connectivity index (χ3n) is 5.37. The monoisotopic (exact) mass is 429 g/mol. The first kappa shape index (κ1) is 22.2. The van der Waals surface area contributed by atoms with Crippen LogP contribution >= 0.6 is 11.6 Å². The van der Waals surface area contributed by atoms with Gasteiger partial charge in [-0.15, -0.1) is 16.7 Å². The number of rotatable bonds is 11. The Labute approximate surface area is 181 Å². The molecule has 3 rings (SSSR count). The molecule has 0 aliphatic heterocycles. The van der Waals surface area contributed by atoms with E-state index in [9.17, 15) is 9.59 Å². The quantitative estimate of drug-likeness (QED) is 0.337. The normalized spacial score (nSPS) is 18.1. The number of esters is 1. The van der Waals surface area contributed by atoms with Gasteiger partial charge in [-0.3, -0.25) is 14.7 Å². The number of halogens is 1. The molecule has 0 amide bonds. The van der Waals surface area contributed by atoms with Gasteiger partial charge in [0.1, 0.15) is 10.2 Å². The molecule has 0 fully saturated rings. The summed E-state index contributed by atoms with van der Waals surface area (Å²) >= 11 is 6.88. The maximum Gasteiger partial charge on any atom is 0.305 e. The predicted octanol–water partition coefficient (Wildman–Crippen LogP) is 3.03. The fourth-order valence-corrected chi connectivity index (χ4v) is 4.06. The molecule has 0 spiro atoms. The molecule has 1 unspecified atom stereocenters. The van der Waals surface area contributed by atoms with E-state index in [1.54, 1.807) is 0 Å². The van der Waals surface area contributed by atoms with Crippen LogP contribution in [0.5, 0.6) is 0 Å². The lowest BCUT2D eigenvalue weighted by Crippen LogP contribution is -2.46. The number of ketones is 1. The number of ether oxygens (including phenoxy) is 1. The van der Waals surface area contributed by atoms with Crippen LogP contribution in [0.1, 0.15) is 63.9 Å². The van der Waals surface area contributed by atoms with Gasteiger partial charge in [0.2, 0.25) is 0 Å². The molecule has 30 heavy (non-hydrogen) atoms. The average molecular weight is 430 g/mol. The topological polar surface area (TPSA) is 84.9 Å². The second-order valence-electron chi connectivity index (χ2n) is 7.61. The second kappa shape index (κ2) is 10.5. The molecular formula is C23H28ClN3O3. The summed E-state index contributed by atoms with van der Waals surface area (Å²) in [5.74, 6) is -0.625. The van der Waals surface area contributed by atoms with E-state index in [0.29, 0.717) is 22.9 Å². The van der Waals surface area contributed by atoms with Gasteiger partial charge in [0, 0.05) is 18.1 Å². The van der Waals surface area contributed by atoms with Crippen molar-refractivity contribution in [1.82, 2.24) is 15.4 Å². The Morgan fingerprint density at radius 1 is 1.13 bits per heavy atom. The van der Waals surface area contributed by atoms with Crippen LogP contribution in [0.25, 0.3) is 11.6 Å². The van der Waals surface area contributed by atoms with Crippen LogP contribution in [0.2, 0.25) is 0 Å². The molecule has 0 saturated carbocycles. The van der Waals surface area contributed by atoms with Gasteiger partial charge in [-0.2, -0.15) is 0 Å². The summed E-state index contributed by atoms with van der Waals surface area (Å²) in [4.78, 5) is 23.8. The van der Waals surface area contributed by atoms with E-state index in [4.69, 9.17) is 16.3 Å². The van der Waals surface area contributed by atoms with Crippen molar-refractivity contribution in [3.8, 4) is 0 Å². The number of unbranched alkanes of at least 4 members (excludes halogenated alkanes) is 5. The van der Waals surface area contributed by atoms with E-state index in [0.717, 1.165) is 24.8 Å². The maximum atomic E-state index is 12.9. The van der Waals surface area contributed by atoms with Crippen molar-refractivity contribution >= 4 is 35.0 Å². The number of carbonyl (C=O) groups is 2. The Morgan fingerprint density at radius 2 is 1.87 bits per heavy atom. The van der Waals surface area contributed by atoms with E-state index in [1.165, 1.54) is 25.3 Å². The summed E-state index contributed by atoms with van der Waals surface area (Å²) in [6.07, 6.45) is 8.36. The van der Waals surface area contributed by atoms with E-state index < -0.39 is 4.87 Å². The predicted molar refractivity (Wildman–Crippen MR) is 116 cm³/mol. The molecule has 7 heteroatoms. The minimum Gasteiger partial charge on any atom is -0.466 e. The first-order chi connectivity index (χ1) is 14.6. The Bertz CT molecular complexity index is 987. The number of hydrogen-bond donors (Lipinski definition) is 1. The van der Waals surface area contributed by atoms with Gasteiger partial charge in [0.25, 0.3) is 0 Å². The summed E-state index contributed by atoms with van der Waals surface area (Å²) in [5.41, 5.74) is 1.36. The summed E-state index contributed by atoms with van der Waals surface area (Å²) in [6, 6.07) is 9.38. The van der Waals surface area contributed by atoms with Gasteiger partial charge >= 0.3 is 5.97 Å². The van der Waals surface area contributed by atoms with Crippen LogP contribution in [-0.4, -0.2) is 38.6 Å². The number of hydrogen-bond acceptors (Lipinski definition) is 5. The lowest BCUT2D eigenvalue weighted by Gasteiger charge is -2.28. The molecule has 0 radical (unpaired) electrons.